The first-order valence-corrected chi connectivity index (χ1v) is 12.4. The van der Waals surface area contributed by atoms with Gasteiger partial charge >= 0.3 is 0 Å². The van der Waals surface area contributed by atoms with Crippen LogP contribution in [0.5, 0.6) is 11.5 Å². The lowest BCUT2D eigenvalue weighted by Crippen LogP contribution is -2.40. The summed E-state index contributed by atoms with van der Waals surface area (Å²) in [5, 5.41) is 2.84. The van der Waals surface area contributed by atoms with E-state index in [2.05, 4.69) is 10.0 Å². The number of carbonyl (C=O) groups excluding carboxylic acids is 1. The van der Waals surface area contributed by atoms with Gasteiger partial charge in [-0.25, -0.2) is 13.1 Å². The molecule has 1 unspecified atom stereocenters. The zero-order valence-corrected chi connectivity index (χ0v) is 20.3. The third-order valence-corrected chi connectivity index (χ3v) is 6.77. The zero-order chi connectivity index (χ0) is 24.1. The van der Waals surface area contributed by atoms with E-state index in [0.717, 1.165) is 25.0 Å². The molecule has 1 heterocycles. The molecule has 3 rings (SSSR count). The Morgan fingerprint density at radius 1 is 1.12 bits per heavy atom. The fourth-order valence-corrected chi connectivity index (χ4v) is 4.85. The Bertz CT molecular complexity index is 1060. The van der Waals surface area contributed by atoms with Crippen LogP contribution in [-0.4, -0.2) is 46.3 Å². The van der Waals surface area contributed by atoms with Gasteiger partial charge in [-0.15, -0.1) is 0 Å². The van der Waals surface area contributed by atoms with E-state index in [4.69, 9.17) is 14.2 Å². The largest absolute Gasteiger partial charge is 0.493 e. The minimum atomic E-state index is -3.65. The summed E-state index contributed by atoms with van der Waals surface area (Å²) >= 11 is 0. The second kappa shape index (κ2) is 10.5. The summed E-state index contributed by atoms with van der Waals surface area (Å²) in [6, 6.07) is 11.3. The van der Waals surface area contributed by atoms with Gasteiger partial charge in [-0.05, 0) is 75.6 Å². The molecule has 1 saturated heterocycles. The normalized spacial score (nSPS) is 16.4. The van der Waals surface area contributed by atoms with Gasteiger partial charge in [0, 0.05) is 24.3 Å². The molecule has 8 nitrogen and oxygen atoms in total. The van der Waals surface area contributed by atoms with Crippen molar-refractivity contribution in [3.05, 3.63) is 53.6 Å². The van der Waals surface area contributed by atoms with Crippen LogP contribution in [0.25, 0.3) is 0 Å². The summed E-state index contributed by atoms with van der Waals surface area (Å²) < 4.78 is 44.3. The monoisotopic (exact) mass is 476 g/mol. The smallest absolute Gasteiger partial charge is 0.251 e. The molecule has 9 heteroatoms. The van der Waals surface area contributed by atoms with Gasteiger partial charge in [0.15, 0.2) is 11.5 Å². The second-order valence-corrected chi connectivity index (χ2v) is 10.7. The van der Waals surface area contributed by atoms with Crippen molar-refractivity contribution in [3.63, 3.8) is 0 Å². The molecule has 2 aromatic carbocycles. The van der Waals surface area contributed by atoms with E-state index < -0.39 is 15.6 Å². The number of hydrogen-bond donors (Lipinski definition) is 2. The lowest BCUT2D eigenvalue weighted by atomic mass is 10.1. The predicted molar refractivity (Wildman–Crippen MR) is 125 cm³/mol. The highest BCUT2D eigenvalue weighted by Crippen LogP contribution is 2.29. The summed E-state index contributed by atoms with van der Waals surface area (Å²) in [6.45, 7) is 6.84. The lowest BCUT2D eigenvalue weighted by Gasteiger charge is -2.20. The second-order valence-electron chi connectivity index (χ2n) is 8.99. The number of benzene rings is 2. The molecule has 1 amide bonds. The highest BCUT2D eigenvalue weighted by atomic mass is 32.2. The van der Waals surface area contributed by atoms with E-state index >= 15 is 0 Å². The van der Waals surface area contributed by atoms with Gasteiger partial charge in [0.2, 0.25) is 10.0 Å². The van der Waals surface area contributed by atoms with Crippen LogP contribution in [0.3, 0.4) is 0 Å². The predicted octanol–water partition coefficient (Wildman–Crippen LogP) is 3.26. The van der Waals surface area contributed by atoms with E-state index in [1.807, 2.05) is 18.2 Å². The number of hydrogen-bond acceptors (Lipinski definition) is 6. The van der Waals surface area contributed by atoms with E-state index in [1.54, 1.807) is 27.9 Å². The fourth-order valence-electron chi connectivity index (χ4n) is 3.43. The van der Waals surface area contributed by atoms with Crippen molar-refractivity contribution < 1.29 is 27.4 Å². The first-order chi connectivity index (χ1) is 15.6. The molecule has 1 aliphatic heterocycles. The van der Waals surface area contributed by atoms with Gasteiger partial charge in [-0.1, -0.05) is 6.07 Å². The Morgan fingerprint density at radius 2 is 1.85 bits per heavy atom. The van der Waals surface area contributed by atoms with Crippen molar-refractivity contribution in [1.82, 2.24) is 10.0 Å². The number of nitrogens with one attached hydrogen (secondary N) is 2. The fraction of sp³-hybridized carbons (Fsp3) is 0.458. The van der Waals surface area contributed by atoms with E-state index in [-0.39, 0.29) is 23.5 Å². The first kappa shape index (κ1) is 25.0. The summed E-state index contributed by atoms with van der Waals surface area (Å²) in [4.78, 5) is 12.6. The van der Waals surface area contributed by atoms with Crippen molar-refractivity contribution in [2.24, 2.45) is 0 Å². The third-order valence-electron chi connectivity index (χ3n) is 5.00. The number of sulfonamides is 1. The molecule has 2 N–H and O–H groups in total. The molecule has 33 heavy (non-hydrogen) atoms. The number of rotatable bonds is 9. The maximum Gasteiger partial charge on any atom is 0.251 e. The minimum Gasteiger partial charge on any atom is -0.493 e. The molecular formula is C24H32N2O6S. The Kier molecular flexibility index (Phi) is 7.99. The molecule has 0 aromatic heterocycles. The van der Waals surface area contributed by atoms with Gasteiger partial charge in [0.1, 0.15) is 6.61 Å². The van der Waals surface area contributed by atoms with Crippen LogP contribution in [0, 0.1) is 0 Å². The Labute approximate surface area is 195 Å². The molecule has 1 aliphatic rings. The topological polar surface area (TPSA) is 103 Å². The highest BCUT2D eigenvalue weighted by Gasteiger charge is 2.22. The molecular weight excluding hydrogens is 444 g/mol. The van der Waals surface area contributed by atoms with Crippen LogP contribution < -0.4 is 19.5 Å². The van der Waals surface area contributed by atoms with E-state index in [1.165, 1.54) is 24.3 Å². The summed E-state index contributed by atoms with van der Waals surface area (Å²) in [5.41, 5.74) is 0.618. The third kappa shape index (κ3) is 7.18. The van der Waals surface area contributed by atoms with Crippen LogP contribution in [0.2, 0.25) is 0 Å². The van der Waals surface area contributed by atoms with Crippen LogP contribution in [-0.2, 0) is 21.3 Å². The summed E-state index contributed by atoms with van der Waals surface area (Å²) in [5.74, 6) is 0.907. The van der Waals surface area contributed by atoms with E-state index in [0.29, 0.717) is 23.7 Å². The standard InChI is InChI=1S/C24H32N2O6S/c1-24(2,3)26-33(28,29)20-10-8-18(9-11-20)23(27)25-15-17-7-12-21(22(14-17)30-4)32-16-19-6-5-13-31-19/h7-12,14,19,26H,5-6,13,15-16H2,1-4H3,(H,25,27). The number of amides is 1. The quantitative estimate of drug-likeness (QED) is 0.576. The maximum atomic E-state index is 12.5. The molecule has 0 saturated carbocycles. The van der Waals surface area contributed by atoms with Gasteiger partial charge < -0.3 is 19.5 Å². The lowest BCUT2D eigenvalue weighted by molar-refractivity contribution is 0.0669. The minimum absolute atomic E-state index is 0.109. The summed E-state index contributed by atoms with van der Waals surface area (Å²) in [7, 11) is -2.08. The SMILES string of the molecule is COc1cc(CNC(=O)c2ccc(S(=O)(=O)NC(C)(C)C)cc2)ccc1OCC1CCCO1. The molecule has 0 spiro atoms. The van der Waals surface area contributed by atoms with Crippen LogP contribution in [0.15, 0.2) is 47.4 Å². The summed E-state index contributed by atoms with van der Waals surface area (Å²) in [6.07, 6.45) is 2.15. The Balaban J connectivity index is 1.58. The van der Waals surface area contributed by atoms with Crippen molar-refractivity contribution in [3.8, 4) is 11.5 Å². The van der Waals surface area contributed by atoms with Crippen LogP contribution in [0.4, 0.5) is 0 Å². The van der Waals surface area contributed by atoms with Crippen molar-refractivity contribution in [2.45, 2.75) is 56.7 Å². The molecule has 180 valence electrons. The average molecular weight is 477 g/mol. The number of ether oxygens (including phenoxy) is 3. The van der Waals surface area contributed by atoms with Crippen molar-refractivity contribution >= 4 is 15.9 Å². The van der Waals surface area contributed by atoms with Gasteiger partial charge in [-0.2, -0.15) is 0 Å². The molecule has 2 aromatic rings. The highest BCUT2D eigenvalue weighted by molar-refractivity contribution is 7.89. The molecule has 0 radical (unpaired) electrons. The first-order valence-electron chi connectivity index (χ1n) is 10.9. The number of methoxy groups -OCH3 is 1. The van der Waals surface area contributed by atoms with Gasteiger partial charge in [-0.3, -0.25) is 4.79 Å². The molecule has 0 aliphatic carbocycles. The van der Waals surface area contributed by atoms with Gasteiger partial charge in [0.25, 0.3) is 5.91 Å². The molecule has 1 fully saturated rings. The van der Waals surface area contributed by atoms with Gasteiger partial charge in [0.05, 0.1) is 18.1 Å². The molecule has 1 atom stereocenters. The van der Waals surface area contributed by atoms with Crippen molar-refractivity contribution in [2.75, 3.05) is 20.3 Å². The number of carbonyl (C=O) groups is 1. The maximum absolute atomic E-state index is 12.5. The molecule has 0 bridgehead atoms. The average Bonchev–Trinajstić information content (AvgIpc) is 3.28. The Hall–Kier alpha value is -2.62. The Morgan fingerprint density at radius 3 is 2.45 bits per heavy atom. The van der Waals surface area contributed by atoms with E-state index in [9.17, 15) is 13.2 Å². The van der Waals surface area contributed by atoms with Crippen LogP contribution >= 0.6 is 0 Å². The van der Waals surface area contributed by atoms with Crippen LogP contribution in [0.1, 0.15) is 49.5 Å². The zero-order valence-electron chi connectivity index (χ0n) is 19.5. The van der Waals surface area contributed by atoms with Crippen molar-refractivity contribution in [1.29, 1.82) is 0 Å².